The third-order valence-corrected chi connectivity index (χ3v) is 3.48. The maximum Gasteiger partial charge on any atom is 0.196 e. The van der Waals surface area contributed by atoms with Crippen molar-refractivity contribution in [3.8, 4) is 5.75 Å². The predicted octanol–water partition coefficient (Wildman–Crippen LogP) is 3.81. The van der Waals surface area contributed by atoms with Gasteiger partial charge in [-0.1, -0.05) is 45.0 Å². The molecule has 21 heavy (non-hydrogen) atoms. The van der Waals surface area contributed by atoms with Crippen LogP contribution in [-0.2, 0) is 5.41 Å². The first-order valence-electron chi connectivity index (χ1n) is 6.91. The lowest BCUT2D eigenvalue weighted by atomic mass is 9.86. The molecule has 2 aromatic rings. The van der Waals surface area contributed by atoms with E-state index in [1.165, 1.54) is 5.56 Å². The van der Waals surface area contributed by atoms with Gasteiger partial charge in [0.15, 0.2) is 5.78 Å². The Morgan fingerprint density at radius 3 is 2.19 bits per heavy atom. The number of anilines is 1. The summed E-state index contributed by atoms with van der Waals surface area (Å²) in [5.41, 5.74) is 8.70. The van der Waals surface area contributed by atoms with Gasteiger partial charge in [-0.05, 0) is 29.2 Å². The largest absolute Gasteiger partial charge is 0.496 e. The summed E-state index contributed by atoms with van der Waals surface area (Å²) in [5, 5.41) is 0. The van der Waals surface area contributed by atoms with E-state index in [0.29, 0.717) is 22.6 Å². The molecule has 0 fully saturated rings. The van der Waals surface area contributed by atoms with E-state index < -0.39 is 0 Å². The number of carbonyl (C=O) groups excluding carboxylic acids is 1. The summed E-state index contributed by atoms with van der Waals surface area (Å²) in [6, 6.07) is 12.8. The van der Waals surface area contributed by atoms with E-state index in [2.05, 4.69) is 20.8 Å². The minimum atomic E-state index is -0.0837. The summed E-state index contributed by atoms with van der Waals surface area (Å²) in [7, 11) is 1.55. The second-order valence-corrected chi connectivity index (χ2v) is 6.12. The summed E-state index contributed by atoms with van der Waals surface area (Å²) < 4.78 is 5.24. The number of nitrogen functional groups attached to an aromatic ring is 1. The zero-order chi connectivity index (χ0) is 15.6. The molecule has 0 aliphatic heterocycles. The normalized spacial score (nSPS) is 11.2. The number of nitrogens with two attached hydrogens (primary N) is 1. The number of rotatable bonds is 3. The molecule has 0 bridgehead atoms. The highest BCUT2D eigenvalue weighted by atomic mass is 16.5. The Hall–Kier alpha value is -2.29. The molecule has 0 heterocycles. The molecule has 3 heteroatoms. The summed E-state index contributed by atoms with van der Waals surface area (Å²) in [5.74, 6) is 0.453. The van der Waals surface area contributed by atoms with Crippen LogP contribution in [0.25, 0.3) is 0 Å². The van der Waals surface area contributed by atoms with Crippen molar-refractivity contribution < 1.29 is 9.53 Å². The van der Waals surface area contributed by atoms with E-state index in [1.54, 1.807) is 25.3 Å². The molecule has 2 aromatic carbocycles. The van der Waals surface area contributed by atoms with Crippen molar-refractivity contribution in [2.75, 3.05) is 12.8 Å². The van der Waals surface area contributed by atoms with E-state index in [0.717, 1.165) is 0 Å². The highest BCUT2D eigenvalue weighted by Crippen LogP contribution is 2.26. The third kappa shape index (κ3) is 3.24. The molecule has 0 radical (unpaired) electrons. The Kier molecular flexibility index (Phi) is 4.03. The molecular formula is C18H21NO2. The first kappa shape index (κ1) is 15.1. The standard InChI is InChI=1S/C18H21NO2/c1-18(2,3)13-7-5-12(6-8-13)17(20)15-11-14(19)9-10-16(15)21-4/h5-11H,19H2,1-4H3. The maximum absolute atomic E-state index is 12.6. The molecule has 0 aliphatic carbocycles. The van der Waals surface area contributed by atoms with Crippen LogP contribution >= 0.6 is 0 Å². The van der Waals surface area contributed by atoms with Gasteiger partial charge in [0.1, 0.15) is 5.75 Å². The SMILES string of the molecule is COc1ccc(N)cc1C(=O)c1ccc(C(C)(C)C)cc1. The van der Waals surface area contributed by atoms with Gasteiger partial charge >= 0.3 is 0 Å². The van der Waals surface area contributed by atoms with Crippen molar-refractivity contribution in [2.24, 2.45) is 0 Å². The fourth-order valence-electron chi connectivity index (χ4n) is 2.18. The average molecular weight is 283 g/mol. The Labute approximate surface area is 125 Å². The van der Waals surface area contributed by atoms with E-state index in [4.69, 9.17) is 10.5 Å². The van der Waals surface area contributed by atoms with Gasteiger partial charge in [-0.3, -0.25) is 4.79 Å². The molecule has 0 unspecified atom stereocenters. The molecule has 0 amide bonds. The van der Waals surface area contributed by atoms with Gasteiger partial charge < -0.3 is 10.5 Å². The fourth-order valence-corrected chi connectivity index (χ4v) is 2.18. The number of benzene rings is 2. The van der Waals surface area contributed by atoms with Gasteiger partial charge in [0.25, 0.3) is 0 Å². The van der Waals surface area contributed by atoms with Gasteiger partial charge in [0, 0.05) is 11.3 Å². The number of ketones is 1. The highest BCUT2D eigenvalue weighted by molar-refractivity contribution is 6.11. The molecule has 0 atom stereocenters. The molecule has 0 aromatic heterocycles. The number of carbonyl (C=O) groups is 1. The quantitative estimate of drug-likeness (QED) is 0.688. The van der Waals surface area contributed by atoms with Crippen LogP contribution in [0.3, 0.4) is 0 Å². The molecule has 2 N–H and O–H groups in total. The van der Waals surface area contributed by atoms with Crippen LogP contribution in [0.2, 0.25) is 0 Å². The lowest BCUT2D eigenvalue weighted by molar-refractivity contribution is 0.103. The first-order chi connectivity index (χ1) is 9.82. The zero-order valence-electron chi connectivity index (χ0n) is 12.9. The summed E-state index contributed by atoms with van der Waals surface area (Å²) in [6.45, 7) is 6.43. The second kappa shape index (κ2) is 5.60. The molecule has 110 valence electrons. The van der Waals surface area contributed by atoms with Gasteiger partial charge in [0.2, 0.25) is 0 Å². The molecule has 2 rings (SSSR count). The van der Waals surface area contributed by atoms with Crippen molar-refractivity contribution >= 4 is 11.5 Å². The molecule has 0 saturated heterocycles. The summed E-state index contributed by atoms with van der Waals surface area (Å²) >= 11 is 0. The fraction of sp³-hybridized carbons (Fsp3) is 0.278. The van der Waals surface area contributed by atoms with Crippen molar-refractivity contribution in [3.05, 3.63) is 59.2 Å². The smallest absolute Gasteiger partial charge is 0.196 e. The molecule has 0 saturated carbocycles. The van der Waals surface area contributed by atoms with E-state index in [-0.39, 0.29) is 11.2 Å². The minimum absolute atomic E-state index is 0.0659. The van der Waals surface area contributed by atoms with Crippen molar-refractivity contribution in [1.29, 1.82) is 0 Å². The van der Waals surface area contributed by atoms with E-state index in [1.807, 2.05) is 24.3 Å². The van der Waals surface area contributed by atoms with Gasteiger partial charge in [-0.15, -0.1) is 0 Å². The number of hydrogen-bond acceptors (Lipinski definition) is 3. The lowest BCUT2D eigenvalue weighted by Gasteiger charge is -2.19. The van der Waals surface area contributed by atoms with Crippen LogP contribution in [-0.4, -0.2) is 12.9 Å². The van der Waals surface area contributed by atoms with Crippen LogP contribution in [0.15, 0.2) is 42.5 Å². The van der Waals surface area contributed by atoms with Crippen molar-refractivity contribution in [2.45, 2.75) is 26.2 Å². The van der Waals surface area contributed by atoms with Crippen LogP contribution < -0.4 is 10.5 Å². The Bertz CT molecular complexity index is 652. The van der Waals surface area contributed by atoms with Gasteiger partial charge in [-0.2, -0.15) is 0 Å². The Balaban J connectivity index is 2.39. The Morgan fingerprint density at radius 1 is 1.05 bits per heavy atom. The van der Waals surface area contributed by atoms with Crippen LogP contribution in [0.5, 0.6) is 5.75 Å². The second-order valence-electron chi connectivity index (χ2n) is 6.12. The average Bonchev–Trinajstić information content (AvgIpc) is 2.45. The van der Waals surface area contributed by atoms with Crippen LogP contribution in [0.1, 0.15) is 42.3 Å². The van der Waals surface area contributed by atoms with Gasteiger partial charge in [-0.25, -0.2) is 0 Å². The van der Waals surface area contributed by atoms with Crippen molar-refractivity contribution in [3.63, 3.8) is 0 Å². The van der Waals surface area contributed by atoms with E-state index in [9.17, 15) is 4.79 Å². The molecular weight excluding hydrogens is 262 g/mol. The zero-order valence-corrected chi connectivity index (χ0v) is 12.9. The lowest BCUT2D eigenvalue weighted by Crippen LogP contribution is -2.11. The molecule has 0 aliphatic rings. The molecule has 0 spiro atoms. The van der Waals surface area contributed by atoms with Crippen LogP contribution in [0.4, 0.5) is 5.69 Å². The monoisotopic (exact) mass is 283 g/mol. The van der Waals surface area contributed by atoms with Gasteiger partial charge in [0.05, 0.1) is 12.7 Å². The summed E-state index contributed by atoms with van der Waals surface area (Å²) in [4.78, 5) is 12.6. The van der Waals surface area contributed by atoms with Crippen molar-refractivity contribution in [1.82, 2.24) is 0 Å². The number of hydrogen-bond donors (Lipinski definition) is 1. The highest BCUT2D eigenvalue weighted by Gasteiger charge is 2.17. The van der Waals surface area contributed by atoms with Crippen LogP contribution in [0, 0.1) is 0 Å². The Morgan fingerprint density at radius 2 is 1.67 bits per heavy atom. The first-order valence-corrected chi connectivity index (χ1v) is 6.91. The number of methoxy groups -OCH3 is 1. The number of ether oxygens (including phenoxy) is 1. The maximum atomic E-state index is 12.6. The minimum Gasteiger partial charge on any atom is -0.496 e. The predicted molar refractivity (Wildman–Crippen MR) is 86.0 cm³/mol. The topological polar surface area (TPSA) is 52.3 Å². The van der Waals surface area contributed by atoms with E-state index >= 15 is 0 Å². The summed E-state index contributed by atoms with van der Waals surface area (Å²) in [6.07, 6.45) is 0. The third-order valence-electron chi connectivity index (χ3n) is 3.48. The molecule has 3 nitrogen and oxygen atoms in total.